The maximum absolute atomic E-state index is 13.8. The van der Waals surface area contributed by atoms with Crippen LogP contribution in [0.4, 0.5) is 8.78 Å². The number of aromatic nitrogens is 1. The van der Waals surface area contributed by atoms with Crippen molar-refractivity contribution in [1.82, 2.24) is 14.8 Å². The second-order valence-electron chi connectivity index (χ2n) is 7.72. The number of halogens is 2. The summed E-state index contributed by atoms with van der Waals surface area (Å²) in [5, 5.41) is 12.8. The van der Waals surface area contributed by atoms with E-state index in [1.54, 1.807) is 6.92 Å². The Morgan fingerprint density at radius 1 is 1.26 bits per heavy atom. The number of carbonyl (C=O) groups excluding carboxylic acids is 3. The summed E-state index contributed by atoms with van der Waals surface area (Å²) in [7, 11) is 0. The Bertz CT molecular complexity index is 1180. The third-order valence-electron chi connectivity index (χ3n) is 5.79. The Morgan fingerprint density at radius 2 is 2.00 bits per heavy atom. The summed E-state index contributed by atoms with van der Waals surface area (Å²) in [5.41, 5.74) is -1.90. The average Bonchev–Trinajstić information content (AvgIpc) is 2.85. The molecule has 3 heterocycles. The molecule has 2 aliphatic heterocycles. The summed E-state index contributed by atoms with van der Waals surface area (Å²) in [6, 6.07) is 1.78. The summed E-state index contributed by atoms with van der Waals surface area (Å²) in [6.07, 6.45) is 1.76. The van der Waals surface area contributed by atoms with E-state index in [1.807, 2.05) is 0 Å². The Kier molecular flexibility index (Phi) is 5.08. The first-order chi connectivity index (χ1) is 14.7. The van der Waals surface area contributed by atoms with Crippen molar-refractivity contribution in [2.45, 2.75) is 38.4 Å². The van der Waals surface area contributed by atoms with Crippen molar-refractivity contribution >= 4 is 17.6 Å². The summed E-state index contributed by atoms with van der Waals surface area (Å²) < 4.78 is 28.0. The first kappa shape index (κ1) is 20.7. The highest BCUT2D eigenvalue weighted by Crippen LogP contribution is 2.32. The molecule has 1 aromatic heterocycles. The number of pyridine rings is 1. The van der Waals surface area contributed by atoms with E-state index in [1.165, 1.54) is 9.47 Å². The Morgan fingerprint density at radius 3 is 2.71 bits per heavy atom. The fourth-order valence-electron chi connectivity index (χ4n) is 3.98. The van der Waals surface area contributed by atoms with Gasteiger partial charge in [0.1, 0.15) is 23.2 Å². The van der Waals surface area contributed by atoms with Crippen molar-refractivity contribution in [1.29, 1.82) is 0 Å². The molecule has 1 saturated heterocycles. The minimum Gasteiger partial charge on any atom is -0.503 e. The molecule has 2 amide bonds. The van der Waals surface area contributed by atoms with Gasteiger partial charge < -0.3 is 19.9 Å². The lowest BCUT2D eigenvalue weighted by Crippen LogP contribution is -2.48. The van der Waals surface area contributed by atoms with Gasteiger partial charge in [0.25, 0.3) is 11.8 Å². The topological polar surface area (TPSA) is 109 Å². The monoisotopic (exact) mass is 431 g/mol. The molecule has 0 radical (unpaired) electrons. The van der Waals surface area contributed by atoms with Gasteiger partial charge in [0.05, 0.1) is 0 Å². The van der Waals surface area contributed by atoms with Crippen LogP contribution in [0.15, 0.2) is 29.2 Å². The Hall–Kier alpha value is -3.56. The molecule has 0 spiro atoms. The van der Waals surface area contributed by atoms with Gasteiger partial charge in [-0.25, -0.2) is 8.78 Å². The van der Waals surface area contributed by atoms with Crippen LogP contribution in [-0.2, 0) is 11.3 Å². The maximum atomic E-state index is 13.8. The third kappa shape index (κ3) is 3.47. The number of hydrogen-bond donors (Lipinski definition) is 2. The number of ketones is 1. The van der Waals surface area contributed by atoms with Gasteiger partial charge >= 0.3 is 0 Å². The van der Waals surface area contributed by atoms with E-state index in [4.69, 9.17) is 0 Å². The van der Waals surface area contributed by atoms with Gasteiger partial charge in [-0.1, -0.05) is 6.07 Å². The number of Topliss-reactive ketones (excluding diaryl/α,β-unsaturated/α-hetero) is 1. The molecule has 4 rings (SSSR count). The molecule has 2 aliphatic rings. The molecule has 0 unspecified atom stereocenters. The summed E-state index contributed by atoms with van der Waals surface area (Å²) >= 11 is 0. The zero-order chi connectivity index (χ0) is 22.4. The molecule has 2 N–H and O–H groups in total. The number of nitrogens with zero attached hydrogens (tertiary/aromatic N) is 2. The van der Waals surface area contributed by atoms with Crippen molar-refractivity contribution < 1.29 is 28.3 Å². The molecular formula is C21H19F2N3O5. The quantitative estimate of drug-likeness (QED) is 0.766. The van der Waals surface area contributed by atoms with Crippen LogP contribution in [0.25, 0.3) is 0 Å². The van der Waals surface area contributed by atoms with Crippen molar-refractivity contribution in [3.63, 3.8) is 0 Å². The highest BCUT2D eigenvalue weighted by Gasteiger charge is 2.41. The molecule has 8 nitrogen and oxygen atoms in total. The van der Waals surface area contributed by atoms with Crippen LogP contribution in [0.5, 0.6) is 5.75 Å². The lowest BCUT2D eigenvalue weighted by Gasteiger charge is -2.36. The molecule has 1 fully saturated rings. The van der Waals surface area contributed by atoms with Gasteiger partial charge in [-0.3, -0.25) is 19.2 Å². The van der Waals surface area contributed by atoms with Gasteiger partial charge in [-0.15, -0.1) is 0 Å². The van der Waals surface area contributed by atoms with Crippen molar-refractivity contribution in [3.05, 3.63) is 63.1 Å². The summed E-state index contributed by atoms with van der Waals surface area (Å²) in [6.45, 7) is 1.53. The van der Waals surface area contributed by atoms with Gasteiger partial charge in [0.2, 0.25) is 5.43 Å². The van der Waals surface area contributed by atoms with E-state index in [2.05, 4.69) is 5.32 Å². The molecular weight excluding hydrogens is 412 g/mol. The first-order valence-corrected chi connectivity index (χ1v) is 9.73. The molecule has 1 aromatic carbocycles. The Balaban J connectivity index is 1.70. The van der Waals surface area contributed by atoms with Crippen LogP contribution in [0, 0.1) is 11.6 Å². The standard InChI is InChI=1S/C21H19F2N3O5/c1-10-2-5-16(27)15-9-25(10)21(31)17-19(29)18(28)13(8-26(15)17)20(30)24-7-11-3-4-12(22)6-14(11)23/h3-4,6,8,10,15,29H,2,5,7,9H2,1H3,(H,24,30)/t10-,15+/m0/s1. The van der Waals surface area contributed by atoms with E-state index in [9.17, 15) is 33.1 Å². The number of hydrogen-bond acceptors (Lipinski definition) is 5. The number of rotatable bonds is 3. The van der Waals surface area contributed by atoms with E-state index >= 15 is 0 Å². The number of amides is 2. The molecule has 0 saturated carbocycles. The highest BCUT2D eigenvalue weighted by molar-refractivity contribution is 6.01. The van der Waals surface area contributed by atoms with Gasteiger partial charge in [0, 0.05) is 43.4 Å². The van der Waals surface area contributed by atoms with Gasteiger partial charge in [0.15, 0.2) is 17.2 Å². The van der Waals surface area contributed by atoms with Crippen LogP contribution in [0.1, 0.15) is 52.2 Å². The normalized spacial score (nSPS) is 20.3. The molecule has 10 heteroatoms. The van der Waals surface area contributed by atoms with Crippen molar-refractivity contribution in [2.75, 3.05) is 6.54 Å². The van der Waals surface area contributed by atoms with E-state index in [-0.39, 0.29) is 42.6 Å². The van der Waals surface area contributed by atoms with Crippen LogP contribution < -0.4 is 10.7 Å². The van der Waals surface area contributed by atoms with Crippen LogP contribution in [0.2, 0.25) is 0 Å². The second kappa shape index (κ2) is 7.60. The first-order valence-electron chi connectivity index (χ1n) is 9.73. The average molecular weight is 431 g/mol. The predicted octanol–water partition coefficient (Wildman–Crippen LogP) is 1.51. The molecule has 0 aliphatic carbocycles. The smallest absolute Gasteiger partial charge is 0.274 e. The van der Waals surface area contributed by atoms with Crippen molar-refractivity contribution in [3.8, 4) is 5.75 Å². The maximum Gasteiger partial charge on any atom is 0.274 e. The zero-order valence-corrected chi connectivity index (χ0v) is 16.5. The minimum atomic E-state index is -1.07. The molecule has 2 aromatic rings. The van der Waals surface area contributed by atoms with Crippen LogP contribution >= 0.6 is 0 Å². The number of benzene rings is 1. The van der Waals surface area contributed by atoms with Crippen LogP contribution in [0.3, 0.4) is 0 Å². The lowest BCUT2D eigenvalue weighted by molar-refractivity contribution is -0.122. The number of fused-ring (bicyclic) bond motifs is 4. The molecule has 2 atom stereocenters. The van der Waals surface area contributed by atoms with Crippen molar-refractivity contribution in [2.24, 2.45) is 0 Å². The van der Waals surface area contributed by atoms with E-state index in [0.29, 0.717) is 12.5 Å². The largest absolute Gasteiger partial charge is 0.503 e. The highest BCUT2D eigenvalue weighted by atomic mass is 19.1. The van der Waals surface area contributed by atoms with Crippen LogP contribution in [-0.4, -0.2) is 44.8 Å². The van der Waals surface area contributed by atoms with Gasteiger partial charge in [-0.2, -0.15) is 0 Å². The zero-order valence-electron chi connectivity index (χ0n) is 16.5. The number of carbonyl (C=O) groups is 3. The molecule has 31 heavy (non-hydrogen) atoms. The predicted molar refractivity (Wildman–Crippen MR) is 104 cm³/mol. The SMILES string of the molecule is C[C@H]1CCC(=O)[C@H]2CN1C(=O)c1c(O)c(=O)c(C(=O)NCc3ccc(F)cc3F)cn12. The van der Waals surface area contributed by atoms with E-state index in [0.717, 1.165) is 18.3 Å². The fourth-order valence-corrected chi connectivity index (χ4v) is 3.98. The Labute approximate surface area is 175 Å². The molecule has 162 valence electrons. The second-order valence-corrected chi connectivity index (χ2v) is 7.72. The third-order valence-corrected chi connectivity index (χ3v) is 5.79. The lowest BCUT2D eigenvalue weighted by atomic mass is 10.0. The van der Waals surface area contributed by atoms with Gasteiger partial charge in [-0.05, 0) is 19.4 Å². The summed E-state index contributed by atoms with van der Waals surface area (Å²) in [5.74, 6) is -4.24. The summed E-state index contributed by atoms with van der Waals surface area (Å²) in [4.78, 5) is 52.1. The number of aromatic hydroxyl groups is 1. The number of nitrogens with one attached hydrogen (secondary N) is 1. The fraction of sp³-hybridized carbons (Fsp3) is 0.333. The minimum absolute atomic E-state index is 0.00390. The van der Waals surface area contributed by atoms with E-state index < -0.39 is 46.2 Å². The molecule has 2 bridgehead atoms.